The van der Waals surface area contributed by atoms with E-state index in [9.17, 15) is 4.79 Å². The Bertz CT molecular complexity index is 668. The molecule has 4 heteroatoms. The van der Waals surface area contributed by atoms with Gasteiger partial charge < -0.3 is 15.3 Å². The molecule has 2 unspecified atom stereocenters. The van der Waals surface area contributed by atoms with Crippen LogP contribution in [0.25, 0.3) is 11.0 Å². The predicted octanol–water partition coefficient (Wildman–Crippen LogP) is 2.94. The highest BCUT2D eigenvalue weighted by molar-refractivity contribution is 5.75. The highest BCUT2D eigenvalue weighted by Crippen LogP contribution is 2.48. The highest BCUT2D eigenvalue weighted by Gasteiger charge is 2.39. The zero-order chi connectivity index (χ0) is 14.3. The van der Waals surface area contributed by atoms with Gasteiger partial charge in [-0.25, -0.2) is 4.79 Å². The molecule has 1 heterocycles. The second-order valence-electron chi connectivity index (χ2n) is 6.64. The minimum Gasteiger partial charge on any atom is -0.313 e. The van der Waals surface area contributed by atoms with E-state index < -0.39 is 0 Å². The molecule has 1 aromatic carbocycles. The van der Waals surface area contributed by atoms with E-state index >= 15 is 0 Å². The van der Waals surface area contributed by atoms with E-state index in [4.69, 9.17) is 0 Å². The molecule has 0 bridgehead atoms. The van der Waals surface area contributed by atoms with Gasteiger partial charge in [0, 0.05) is 6.04 Å². The molecule has 0 aliphatic heterocycles. The first-order chi connectivity index (χ1) is 9.51. The van der Waals surface area contributed by atoms with Crippen molar-refractivity contribution in [1.82, 2.24) is 15.3 Å². The number of imidazole rings is 1. The molecule has 108 valence electrons. The Labute approximate surface area is 119 Å². The molecule has 1 aromatic heterocycles. The molecule has 0 amide bonds. The third kappa shape index (κ3) is 2.18. The molecule has 4 nitrogen and oxygen atoms in total. The summed E-state index contributed by atoms with van der Waals surface area (Å²) in [4.78, 5) is 17.0. The third-order valence-corrected chi connectivity index (χ3v) is 4.95. The number of hydrogen-bond donors (Lipinski definition) is 3. The van der Waals surface area contributed by atoms with Gasteiger partial charge in [0.1, 0.15) is 0 Å². The predicted molar refractivity (Wildman–Crippen MR) is 81.8 cm³/mol. The Morgan fingerprint density at radius 3 is 2.70 bits per heavy atom. The Hall–Kier alpha value is -1.55. The van der Waals surface area contributed by atoms with Gasteiger partial charge in [-0.2, -0.15) is 0 Å². The maximum Gasteiger partial charge on any atom is 0.323 e. The summed E-state index contributed by atoms with van der Waals surface area (Å²) in [6.07, 6.45) is 3.86. The minimum absolute atomic E-state index is 0.139. The van der Waals surface area contributed by atoms with Gasteiger partial charge in [-0.15, -0.1) is 0 Å². The Kier molecular flexibility index (Phi) is 3.21. The van der Waals surface area contributed by atoms with Crippen molar-refractivity contribution < 1.29 is 0 Å². The lowest BCUT2D eigenvalue weighted by atomic mass is 9.75. The van der Waals surface area contributed by atoms with E-state index in [1.54, 1.807) is 0 Å². The van der Waals surface area contributed by atoms with Crippen molar-refractivity contribution >= 4 is 11.0 Å². The van der Waals surface area contributed by atoms with E-state index in [1.807, 2.05) is 13.1 Å². The van der Waals surface area contributed by atoms with Gasteiger partial charge >= 0.3 is 5.69 Å². The van der Waals surface area contributed by atoms with Gasteiger partial charge in [0.2, 0.25) is 0 Å². The van der Waals surface area contributed by atoms with E-state index in [0.29, 0.717) is 17.4 Å². The van der Waals surface area contributed by atoms with Crippen molar-refractivity contribution in [3.8, 4) is 0 Å². The van der Waals surface area contributed by atoms with Crippen LogP contribution >= 0.6 is 0 Å². The lowest BCUT2D eigenvalue weighted by Crippen LogP contribution is -2.31. The van der Waals surface area contributed by atoms with Gasteiger partial charge in [0.15, 0.2) is 0 Å². The van der Waals surface area contributed by atoms with Crippen molar-refractivity contribution in [2.24, 2.45) is 11.3 Å². The summed E-state index contributed by atoms with van der Waals surface area (Å²) in [5.41, 5.74) is 3.26. The molecular formula is C16H23N3O. The highest BCUT2D eigenvalue weighted by atomic mass is 16.1. The normalized spacial score (nSPS) is 23.2. The van der Waals surface area contributed by atoms with Crippen LogP contribution in [0, 0.1) is 11.3 Å². The molecule has 0 radical (unpaired) electrons. The maximum absolute atomic E-state index is 11.4. The number of nitrogens with one attached hydrogen (secondary N) is 3. The number of hydrogen-bond acceptors (Lipinski definition) is 2. The number of rotatable bonds is 3. The topological polar surface area (TPSA) is 60.7 Å². The smallest absolute Gasteiger partial charge is 0.313 e. The maximum atomic E-state index is 11.4. The number of aromatic nitrogens is 2. The second kappa shape index (κ2) is 4.77. The van der Waals surface area contributed by atoms with Crippen LogP contribution in [-0.2, 0) is 0 Å². The van der Waals surface area contributed by atoms with Crippen LogP contribution in [0.5, 0.6) is 0 Å². The number of H-pyrrole nitrogens is 2. The lowest BCUT2D eigenvalue weighted by molar-refractivity contribution is 0.204. The molecule has 2 aromatic rings. The Morgan fingerprint density at radius 2 is 2.05 bits per heavy atom. The molecule has 0 spiro atoms. The van der Waals surface area contributed by atoms with E-state index in [-0.39, 0.29) is 5.69 Å². The van der Waals surface area contributed by atoms with E-state index in [2.05, 4.69) is 41.3 Å². The fraction of sp³-hybridized carbons (Fsp3) is 0.562. The number of fused-ring (bicyclic) bond motifs is 1. The first-order valence-electron chi connectivity index (χ1n) is 7.40. The summed E-state index contributed by atoms with van der Waals surface area (Å²) in [6.45, 7) is 4.73. The van der Waals surface area contributed by atoms with Crippen LogP contribution in [0.4, 0.5) is 0 Å². The fourth-order valence-corrected chi connectivity index (χ4v) is 3.82. The van der Waals surface area contributed by atoms with Gasteiger partial charge in [0.25, 0.3) is 0 Å². The van der Waals surface area contributed by atoms with Gasteiger partial charge in [-0.05, 0) is 48.9 Å². The summed E-state index contributed by atoms with van der Waals surface area (Å²) in [5, 5.41) is 3.49. The van der Waals surface area contributed by atoms with Crippen LogP contribution in [0.3, 0.4) is 0 Å². The summed E-state index contributed by atoms with van der Waals surface area (Å²) < 4.78 is 0. The van der Waals surface area contributed by atoms with Gasteiger partial charge in [0.05, 0.1) is 11.0 Å². The molecule has 0 saturated heterocycles. The monoisotopic (exact) mass is 273 g/mol. The SMILES string of the molecule is CNC(c1ccc2[nH]c(=O)[nH]c2c1)C1CCCC1(C)C. The Morgan fingerprint density at radius 1 is 1.30 bits per heavy atom. The fourth-order valence-electron chi connectivity index (χ4n) is 3.82. The van der Waals surface area contributed by atoms with Crippen molar-refractivity contribution in [3.05, 3.63) is 34.2 Å². The van der Waals surface area contributed by atoms with Crippen LogP contribution in [0.1, 0.15) is 44.7 Å². The minimum atomic E-state index is -0.139. The lowest BCUT2D eigenvalue weighted by Gasteiger charge is -2.34. The van der Waals surface area contributed by atoms with Crippen LogP contribution in [0.15, 0.2) is 23.0 Å². The summed E-state index contributed by atoms with van der Waals surface area (Å²) in [7, 11) is 2.03. The summed E-state index contributed by atoms with van der Waals surface area (Å²) in [5.74, 6) is 0.635. The molecule has 3 rings (SSSR count). The standard InChI is InChI=1S/C16H23N3O/c1-16(2)8-4-5-11(16)14(17-3)10-6-7-12-13(9-10)19-15(20)18-12/h6-7,9,11,14,17H,4-5,8H2,1-3H3,(H2,18,19,20). The zero-order valence-corrected chi connectivity index (χ0v) is 12.4. The van der Waals surface area contributed by atoms with Crippen LogP contribution < -0.4 is 11.0 Å². The van der Waals surface area contributed by atoms with Gasteiger partial charge in [-0.1, -0.05) is 26.3 Å². The quantitative estimate of drug-likeness (QED) is 0.805. The van der Waals surface area contributed by atoms with Crippen molar-refractivity contribution in [3.63, 3.8) is 0 Å². The molecule has 20 heavy (non-hydrogen) atoms. The molecule has 1 fully saturated rings. The molecule has 2 atom stereocenters. The van der Waals surface area contributed by atoms with Gasteiger partial charge in [-0.3, -0.25) is 0 Å². The van der Waals surface area contributed by atoms with Crippen molar-refractivity contribution in [2.45, 2.75) is 39.2 Å². The first-order valence-corrected chi connectivity index (χ1v) is 7.40. The average Bonchev–Trinajstić information content (AvgIpc) is 2.92. The molecule has 1 aliphatic rings. The first kappa shape index (κ1) is 13.4. The number of aromatic amines is 2. The van der Waals surface area contributed by atoms with Crippen LogP contribution in [-0.4, -0.2) is 17.0 Å². The Balaban J connectivity index is 2.00. The van der Waals surface area contributed by atoms with Crippen LogP contribution in [0.2, 0.25) is 0 Å². The summed E-state index contributed by atoms with van der Waals surface area (Å²) in [6, 6.07) is 6.56. The van der Waals surface area contributed by atoms with Crippen molar-refractivity contribution in [2.75, 3.05) is 7.05 Å². The largest absolute Gasteiger partial charge is 0.323 e. The average molecular weight is 273 g/mol. The number of benzene rings is 1. The molecular weight excluding hydrogens is 250 g/mol. The zero-order valence-electron chi connectivity index (χ0n) is 12.4. The second-order valence-corrected chi connectivity index (χ2v) is 6.64. The van der Waals surface area contributed by atoms with Crippen molar-refractivity contribution in [1.29, 1.82) is 0 Å². The summed E-state index contributed by atoms with van der Waals surface area (Å²) >= 11 is 0. The molecule has 1 saturated carbocycles. The molecule has 1 aliphatic carbocycles. The van der Waals surface area contributed by atoms with E-state index in [0.717, 1.165) is 11.0 Å². The third-order valence-electron chi connectivity index (χ3n) is 4.95. The van der Waals surface area contributed by atoms with E-state index in [1.165, 1.54) is 24.8 Å². The molecule has 3 N–H and O–H groups in total.